The van der Waals surface area contributed by atoms with Gasteiger partial charge >= 0.3 is 0 Å². The van der Waals surface area contributed by atoms with Crippen molar-refractivity contribution in [3.8, 4) is 11.8 Å². The fourth-order valence-electron chi connectivity index (χ4n) is 2.20. The second kappa shape index (κ2) is 5.36. The molecule has 0 bridgehead atoms. The third kappa shape index (κ3) is 2.35. The first-order valence-corrected chi connectivity index (χ1v) is 6.98. The summed E-state index contributed by atoms with van der Waals surface area (Å²) in [7, 11) is 0. The number of hydrogen-bond acceptors (Lipinski definition) is 2. The Hall–Kier alpha value is -2.09. The van der Waals surface area contributed by atoms with Crippen LogP contribution in [0.15, 0.2) is 36.4 Å². The van der Waals surface area contributed by atoms with Crippen LogP contribution < -0.4 is 0 Å². The summed E-state index contributed by atoms with van der Waals surface area (Å²) >= 11 is 11.6. The van der Waals surface area contributed by atoms with Crippen LogP contribution in [0.1, 0.15) is 11.4 Å². The highest BCUT2D eigenvalue weighted by atomic mass is 35.5. The van der Waals surface area contributed by atoms with Gasteiger partial charge in [0, 0.05) is 0 Å². The Morgan fingerprint density at radius 3 is 2.71 bits per heavy atom. The van der Waals surface area contributed by atoms with Gasteiger partial charge in [-0.25, -0.2) is 9.37 Å². The van der Waals surface area contributed by atoms with Crippen molar-refractivity contribution in [2.45, 2.75) is 5.88 Å². The van der Waals surface area contributed by atoms with Gasteiger partial charge in [-0.05, 0) is 36.4 Å². The summed E-state index contributed by atoms with van der Waals surface area (Å²) in [4.78, 5) is 4.40. The van der Waals surface area contributed by atoms with Crippen LogP contribution in [0.25, 0.3) is 16.7 Å². The van der Waals surface area contributed by atoms with Gasteiger partial charge in [0.1, 0.15) is 11.6 Å². The number of imidazole rings is 1. The molecule has 104 valence electrons. The standard InChI is InChI=1S/C15H8Cl2FN3/c16-7-15-20-13-4-1-9(8-19)5-14(13)21(15)10-2-3-11(17)12(18)6-10/h1-6H,7H2. The lowest BCUT2D eigenvalue weighted by molar-refractivity contribution is 0.627. The maximum absolute atomic E-state index is 13.7. The first-order valence-electron chi connectivity index (χ1n) is 6.07. The smallest absolute Gasteiger partial charge is 0.143 e. The maximum Gasteiger partial charge on any atom is 0.143 e. The van der Waals surface area contributed by atoms with Gasteiger partial charge in [-0.1, -0.05) is 11.6 Å². The molecule has 0 aliphatic carbocycles. The summed E-state index contributed by atoms with van der Waals surface area (Å²) in [6.07, 6.45) is 0. The zero-order valence-corrected chi connectivity index (χ0v) is 12.2. The molecule has 2 aromatic carbocycles. The van der Waals surface area contributed by atoms with E-state index in [1.54, 1.807) is 28.8 Å². The fourth-order valence-corrected chi connectivity index (χ4v) is 2.49. The predicted octanol–water partition coefficient (Wildman–Crippen LogP) is 4.43. The van der Waals surface area contributed by atoms with Gasteiger partial charge in [0.05, 0.1) is 39.3 Å². The second-order valence-corrected chi connectivity index (χ2v) is 5.09. The van der Waals surface area contributed by atoms with Crippen molar-refractivity contribution < 1.29 is 4.39 Å². The number of benzene rings is 2. The van der Waals surface area contributed by atoms with Crippen molar-refractivity contribution >= 4 is 34.2 Å². The van der Waals surface area contributed by atoms with Crippen LogP contribution >= 0.6 is 23.2 Å². The molecule has 0 aliphatic heterocycles. The molecular formula is C15H8Cl2FN3. The van der Waals surface area contributed by atoms with Gasteiger partial charge in [0.15, 0.2) is 0 Å². The molecule has 0 aliphatic rings. The molecule has 0 saturated carbocycles. The monoisotopic (exact) mass is 319 g/mol. The molecule has 0 saturated heterocycles. The Morgan fingerprint density at radius 2 is 2.05 bits per heavy atom. The van der Waals surface area contributed by atoms with E-state index in [0.29, 0.717) is 28.1 Å². The summed E-state index contributed by atoms with van der Waals surface area (Å²) in [5.74, 6) is 0.220. The van der Waals surface area contributed by atoms with Crippen molar-refractivity contribution in [2.24, 2.45) is 0 Å². The van der Waals surface area contributed by atoms with E-state index in [-0.39, 0.29) is 10.9 Å². The highest BCUT2D eigenvalue weighted by Crippen LogP contribution is 2.26. The van der Waals surface area contributed by atoms with Crippen LogP contribution in [0.5, 0.6) is 0 Å². The van der Waals surface area contributed by atoms with Gasteiger partial charge in [-0.2, -0.15) is 5.26 Å². The molecule has 0 fully saturated rings. The molecule has 6 heteroatoms. The van der Waals surface area contributed by atoms with E-state index >= 15 is 0 Å². The quantitative estimate of drug-likeness (QED) is 0.656. The Labute approximate surface area is 130 Å². The number of halogens is 3. The largest absolute Gasteiger partial charge is 0.295 e. The molecule has 21 heavy (non-hydrogen) atoms. The minimum absolute atomic E-state index is 0.0494. The Balaban J connectivity index is 2.33. The lowest BCUT2D eigenvalue weighted by Crippen LogP contribution is -2.00. The van der Waals surface area contributed by atoms with E-state index < -0.39 is 5.82 Å². The van der Waals surface area contributed by atoms with Gasteiger partial charge in [0.25, 0.3) is 0 Å². The molecule has 0 radical (unpaired) electrons. The van der Waals surface area contributed by atoms with Gasteiger partial charge in [-0.3, -0.25) is 4.57 Å². The van der Waals surface area contributed by atoms with Crippen LogP contribution in [-0.2, 0) is 5.88 Å². The molecule has 1 aromatic heterocycles. The van der Waals surface area contributed by atoms with Crippen molar-refractivity contribution in [3.05, 3.63) is 58.6 Å². The van der Waals surface area contributed by atoms with Crippen LogP contribution in [-0.4, -0.2) is 9.55 Å². The number of alkyl halides is 1. The molecule has 3 rings (SSSR count). The number of rotatable bonds is 2. The van der Waals surface area contributed by atoms with Crippen LogP contribution in [0.3, 0.4) is 0 Å². The maximum atomic E-state index is 13.7. The second-order valence-electron chi connectivity index (χ2n) is 4.41. The number of nitriles is 1. The van der Waals surface area contributed by atoms with E-state index in [0.717, 1.165) is 0 Å². The minimum Gasteiger partial charge on any atom is -0.295 e. The number of aromatic nitrogens is 2. The van der Waals surface area contributed by atoms with Gasteiger partial charge in [0.2, 0.25) is 0 Å². The first-order chi connectivity index (χ1) is 10.1. The minimum atomic E-state index is -0.520. The molecule has 0 unspecified atom stereocenters. The number of nitrogens with zero attached hydrogens (tertiary/aromatic N) is 3. The fraction of sp³-hybridized carbons (Fsp3) is 0.0667. The lowest BCUT2D eigenvalue weighted by atomic mass is 10.2. The molecule has 3 aromatic rings. The highest BCUT2D eigenvalue weighted by Gasteiger charge is 2.13. The molecule has 3 nitrogen and oxygen atoms in total. The Kier molecular flexibility index (Phi) is 3.54. The third-order valence-corrected chi connectivity index (χ3v) is 3.68. The molecule has 0 spiro atoms. The lowest BCUT2D eigenvalue weighted by Gasteiger charge is -2.08. The number of hydrogen-bond donors (Lipinski definition) is 0. The number of fused-ring (bicyclic) bond motifs is 1. The van der Waals surface area contributed by atoms with E-state index in [4.69, 9.17) is 28.5 Å². The Bertz CT molecular complexity index is 880. The van der Waals surface area contributed by atoms with Crippen molar-refractivity contribution in [1.29, 1.82) is 5.26 Å². The summed E-state index contributed by atoms with van der Waals surface area (Å²) in [5, 5.41) is 9.07. The zero-order valence-electron chi connectivity index (χ0n) is 10.6. The highest BCUT2D eigenvalue weighted by molar-refractivity contribution is 6.30. The summed E-state index contributed by atoms with van der Waals surface area (Å²) < 4.78 is 15.4. The van der Waals surface area contributed by atoms with Crippen molar-refractivity contribution in [3.63, 3.8) is 0 Å². The molecule has 1 heterocycles. The summed E-state index contributed by atoms with van der Waals surface area (Å²) in [6.45, 7) is 0. The average Bonchev–Trinajstić information content (AvgIpc) is 2.87. The van der Waals surface area contributed by atoms with Crippen molar-refractivity contribution in [1.82, 2.24) is 9.55 Å². The van der Waals surface area contributed by atoms with E-state index in [1.165, 1.54) is 12.1 Å². The Morgan fingerprint density at radius 1 is 1.24 bits per heavy atom. The van der Waals surface area contributed by atoms with E-state index in [1.807, 2.05) is 0 Å². The van der Waals surface area contributed by atoms with Crippen molar-refractivity contribution in [2.75, 3.05) is 0 Å². The first kappa shape index (κ1) is 13.9. The van der Waals surface area contributed by atoms with Crippen LogP contribution in [0, 0.1) is 17.1 Å². The molecule has 0 amide bonds. The third-order valence-electron chi connectivity index (χ3n) is 3.13. The van der Waals surface area contributed by atoms with Gasteiger partial charge in [-0.15, -0.1) is 11.6 Å². The molecule has 0 atom stereocenters. The zero-order chi connectivity index (χ0) is 15.0. The predicted molar refractivity (Wildman–Crippen MR) is 80.3 cm³/mol. The van der Waals surface area contributed by atoms with Crippen LogP contribution in [0.4, 0.5) is 4.39 Å². The van der Waals surface area contributed by atoms with Gasteiger partial charge < -0.3 is 0 Å². The molecular weight excluding hydrogens is 312 g/mol. The van der Waals surface area contributed by atoms with E-state index in [2.05, 4.69) is 11.1 Å². The molecule has 0 N–H and O–H groups in total. The SMILES string of the molecule is N#Cc1ccc2nc(CCl)n(-c3ccc(Cl)c(F)c3)c2c1. The normalized spacial score (nSPS) is 10.8. The van der Waals surface area contributed by atoms with Crippen LogP contribution in [0.2, 0.25) is 5.02 Å². The van der Waals surface area contributed by atoms with E-state index in [9.17, 15) is 4.39 Å². The topological polar surface area (TPSA) is 41.6 Å². The average molecular weight is 320 g/mol. The summed E-state index contributed by atoms with van der Waals surface area (Å²) in [6, 6.07) is 11.7. The summed E-state index contributed by atoms with van der Waals surface area (Å²) in [5.41, 5.74) is 2.45.